The van der Waals surface area contributed by atoms with E-state index in [1.165, 1.54) is 16.8 Å². The molecule has 0 aliphatic rings. The molecule has 1 N–H and O–H groups in total. The summed E-state index contributed by atoms with van der Waals surface area (Å²) in [5.74, 6) is 0.309. The number of imidazole rings is 1. The second-order valence-corrected chi connectivity index (χ2v) is 6.30. The van der Waals surface area contributed by atoms with Crippen LogP contribution in [-0.4, -0.2) is 14.7 Å². The average molecular weight is 312 g/mol. The first kappa shape index (κ1) is 14.9. The molecule has 0 aliphatic heterocycles. The van der Waals surface area contributed by atoms with Gasteiger partial charge in [0.1, 0.15) is 5.75 Å². The van der Waals surface area contributed by atoms with E-state index in [1.54, 1.807) is 17.4 Å². The summed E-state index contributed by atoms with van der Waals surface area (Å²) in [5.41, 5.74) is 5.98. The van der Waals surface area contributed by atoms with Gasteiger partial charge in [-0.05, 0) is 42.0 Å². The van der Waals surface area contributed by atoms with E-state index >= 15 is 0 Å². The predicted molar refractivity (Wildman–Crippen MR) is 91.5 cm³/mol. The van der Waals surface area contributed by atoms with Crippen LogP contribution in [0.1, 0.15) is 30.2 Å². The monoisotopic (exact) mass is 312 g/mol. The highest BCUT2D eigenvalue weighted by molar-refractivity contribution is 7.08. The summed E-state index contributed by atoms with van der Waals surface area (Å²) in [4.78, 5) is 4.66. The van der Waals surface area contributed by atoms with E-state index in [1.807, 2.05) is 24.5 Å². The molecule has 0 aliphatic carbocycles. The van der Waals surface area contributed by atoms with Crippen LogP contribution in [-0.2, 0) is 13.0 Å². The van der Waals surface area contributed by atoms with Gasteiger partial charge >= 0.3 is 0 Å². The lowest BCUT2D eigenvalue weighted by atomic mass is 10.1. The summed E-state index contributed by atoms with van der Waals surface area (Å²) in [6.07, 6.45) is 4.01. The van der Waals surface area contributed by atoms with Gasteiger partial charge in [0.25, 0.3) is 0 Å². The zero-order valence-corrected chi connectivity index (χ0v) is 13.7. The lowest BCUT2D eigenvalue weighted by Gasteiger charge is -2.10. The number of aryl methyl sites for hydroxylation is 1. The Morgan fingerprint density at radius 1 is 1.27 bits per heavy atom. The predicted octanol–water partition coefficient (Wildman–Crippen LogP) is 4.63. The van der Waals surface area contributed by atoms with Gasteiger partial charge in [0.05, 0.1) is 12.0 Å². The average Bonchev–Trinajstić information content (AvgIpc) is 3.07. The molecule has 0 atom stereocenters. The van der Waals surface area contributed by atoms with Crippen molar-refractivity contribution in [1.82, 2.24) is 9.55 Å². The van der Waals surface area contributed by atoms with Crippen LogP contribution in [0, 0.1) is 6.92 Å². The smallest absolute Gasteiger partial charge is 0.115 e. The molecular weight excluding hydrogens is 292 g/mol. The van der Waals surface area contributed by atoms with Gasteiger partial charge in [-0.15, -0.1) is 0 Å². The van der Waals surface area contributed by atoms with E-state index in [2.05, 4.69) is 34.2 Å². The molecule has 0 fully saturated rings. The maximum atomic E-state index is 9.63. The third-order valence-electron chi connectivity index (χ3n) is 3.81. The fourth-order valence-electron chi connectivity index (χ4n) is 2.72. The number of nitrogens with zero attached hydrogens (tertiary/aromatic N) is 2. The molecule has 0 radical (unpaired) electrons. The van der Waals surface area contributed by atoms with E-state index in [-0.39, 0.29) is 0 Å². The number of aromatic nitrogens is 2. The van der Waals surface area contributed by atoms with Crippen molar-refractivity contribution in [1.29, 1.82) is 0 Å². The van der Waals surface area contributed by atoms with E-state index in [0.29, 0.717) is 5.75 Å². The molecule has 22 heavy (non-hydrogen) atoms. The van der Waals surface area contributed by atoms with Crippen molar-refractivity contribution in [2.24, 2.45) is 0 Å². The number of rotatable bonds is 5. The molecule has 0 unspecified atom stereocenters. The third-order valence-corrected chi connectivity index (χ3v) is 4.67. The Hall–Kier alpha value is -2.07. The van der Waals surface area contributed by atoms with Gasteiger partial charge in [-0.25, -0.2) is 4.98 Å². The molecule has 0 saturated heterocycles. The number of thiophene rings is 1. The quantitative estimate of drug-likeness (QED) is 0.746. The first-order valence-electron chi connectivity index (χ1n) is 7.54. The Kier molecular flexibility index (Phi) is 4.29. The molecule has 3 nitrogen and oxygen atoms in total. The summed E-state index contributed by atoms with van der Waals surface area (Å²) in [5, 5.41) is 14.0. The molecule has 0 bridgehead atoms. The normalized spacial score (nSPS) is 11.0. The molecule has 2 aromatic heterocycles. The van der Waals surface area contributed by atoms with Crippen LogP contribution in [0.15, 0.2) is 41.4 Å². The van der Waals surface area contributed by atoms with Crippen molar-refractivity contribution < 1.29 is 5.11 Å². The summed E-state index contributed by atoms with van der Waals surface area (Å²) < 4.78 is 2.20. The zero-order valence-electron chi connectivity index (χ0n) is 12.9. The molecular formula is C18H20N2OS. The second kappa shape index (κ2) is 6.36. The van der Waals surface area contributed by atoms with Crippen molar-refractivity contribution in [2.45, 2.75) is 33.2 Å². The molecule has 0 spiro atoms. The van der Waals surface area contributed by atoms with Gasteiger partial charge in [0, 0.05) is 23.2 Å². The Bertz CT molecular complexity index is 773. The first-order valence-corrected chi connectivity index (χ1v) is 8.48. The SMILES string of the molecule is CCCc1c(-c2cscc2C)ncn1Cc1cccc(O)c1. The minimum atomic E-state index is 0.309. The van der Waals surface area contributed by atoms with Crippen molar-refractivity contribution in [3.63, 3.8) is 0 Å². The standard InChI is InChI=1S/C18H20N2OS/c1-3-5-17-18(16-11-22-10-13(16)2)19-12-20(17)9-14-6-4-7-15(21)8-14/h4,6-8,10-12,21H,3,5,9H2,1-2H3. The van der Waals surface area contributed by atoms with Crippen molar-refractivity contribution in [3.8, 4) is 17.0 Å². The van der Waals surface area contributed by atoms with Gasteiger partial charge in [0.15, 0.2) is 0 Å². The van der Waals surface area contributed by atoms with E-state index < -0.39 is 0 Å². The molecule has 114 valence electrons. The number of hydrogen-bond donors (Lipinski definition) is 1. The second-order valence-electron chi connectivity index (χ2n) is 5.56. The largest absolute Gasteiger partial charge is 0.508 e. The fourth-order valence-corrected chi connectivity index (χ4v) is 3.56. The fraction of sp³-hybridized carbons (Fsp3) is 0.278. The lowest BCUT2D eigenvalue weighted by molar-refractivity contribution is 0.474. The van der Waals surface area contributed by atoms with E-state index in [9.17, 15) is 5.11 Å². The van der Waals surface area contributed by atoms with Gasteiger partial charge in [0.2, 0.25) is 0 Å². The van der Waals surface area contributed by atoms with Crippen LogP contribution in [0.5, 0.6) is 5.75 Å². The Labute approximate surface area is 134 Å². The van der Waals surface area contributed by atoms with Gasteiger partial charge in [-0.2, -0.15) is 11.3 Å². The maximum Gasteiger partial charge on any atom is 0.115 e. The van der Waals surface area contributed by atoms with Crippen LogP contribution in [0.3, 0.4) is 0 Å². The summed E-state index contributed by atoms with van der Waals surface area (Å²) >= 11 is 1.72. The molecule has 0 saturated carbocycles. The van der Waals surface area contributed by atoms with Crippen molar-refractivity contribution in [3.05, 3.63) is 58.2 Å². The molecule has 1 aromatic carbocycles. The van der Waals surface area contributed by atoms with Crippen LogP contribution < -0.4 is 0 Å². The van der Waals surface area contributed by atoms with E-state index in [0.717, 1.165) is 30.6 Å². The topological polar surface area (TPSA) is 38.0 Å². The van der Waals surface area contributed by atoms with Gasteiger partial charge < -0.3 is 9.67 Å². The molecule has 4 heteroatoms. The number of aromatic hydroxyl groups is 1. The van der Waals surface area contributed by atoms with Crippen LogP contribution >= 0.6 is 11.3 Å². The Morgan fingerprint density at radius 3 is 2.82 bits per heavy atom. The molecule has 3 rings (SSSR count). The highest BCUT2D eigenvalue weighted by Crippen LogP contribution is 2.29. The van der Waals surface area contributed by atoms with Gasteiger partial charge in [-0.1, -0.05) is 25.5 Å². The van der Waals surface area contributed by atoms with E-state index in [4.69, 9.17) is 0 Å². The van der Waals surface area contributed by atoms with Crippen molar-refractivity contribution in [2.75, 3.05) is 0 Å². The molecule has 0 amide bonds. The zero-order chi connectivity index (χ0) is 15.5. The Morgan fingerprint density at radius 2 is 2.14 bits per heavy atom. The molecule has 3 aromatic rings. The number of hydrogen-bond acceptors (Lipinski definition) is 3. The van der Waals surface area contributed by atoms with Crippen molar-refractivity contribution >= 4 is 11.3 Å². The highest BCUT2D eigenvalue weighted by atomic mass is 32.1. The number of phenolic OH excluding ortho intramolecular Hbond substituents is 1. The number of benzene rings is 1. The summed E-state index contributed by atoms with van der Waals surface area (Å²) in [6.45, 7) is 5.06. The highest BCUT2D eigenvalue weighted by Gasteiger charge is 2.15. The maximum absolute atomic E-state index is 9.63. The lowest BCUT2D eigenvalue weighted by Crippen LogP contribution is -2.04. The van der Waals surface area contributed by atoms with Crippen LogP contribution in [0.2, 0.25) is 0 Å². The molecule has 2 heterocycles. The minimum absolute atomic E-state index is 0.309. The van der Waals surface area contributed by atoms with Crippen LogP contribution in [0.4, 0.5) is 0 Å². The summed E-state index contributed by atoms with van der Waals surface area (Å²) in [6, 6.07) is 7.42. The Balaban J connectivity index is 1.98. The first-order chi connectivity index (χ1) is 10.7. The van der Waals surface area contributed by atoms with Crippen LogP contribution in [0.25, 0.3) is 11.3 Å². The summed E-state index contributed by atoms with van der Waals surface area (Å²) in [7, 11) is 0. The number of phenols is 1. The minimum Gasteiger partial charge on any atom is -0.508 e. The third kappa shape index (κ3) is 2.92. The van der Waals surface area contributed by atoms with Gasteiger partial charge in [-0.3, -0.25) is 0 Å².